The highest BCUT2D eigenvalue weighted by atomic mass is 35.5. The lowest BCUT2D eigenvalue weighted by Gasteiger charge is -2.34. The molecule has 5 nitrogen and oxygen atoms in total. The fourth-order valence-electron chi connectivity index (χ4n) is 3.17. The van der Waals surface area contributed by atoms with Crippen molar-refractivity contribution in [3.8, 4) is 11.5 Å². The lowest BCUT2D eigenvalue weighted by atomic mass is 9.85. The van der Waals surface area contributed by atoms with Crippen LogP contribution in [0.5, 0.6) is 11.5 Å². The van der Waals surface area contributed by atoms with Gasteiger partial charge in [-0.3, -0.25) is 4.79 Å². The highest BCUT2D eigenvalue weighted by Crippen LogP contribution is 2.41. The third kappa shape index (κ3) is 3.08. The molecule has 7 heteroatoms. The van der Waals surface area contributed by atoms with Gasteiger partial charge in [0.05, 0.1) is 24.8 Å². The molecule has 0 amide bonds. The number of hydrogen-bond acceptors (Lipinski definition) is 4. The summed E-state index contributed by atoms with van der Waals surface area (Å²) in [5.74, 6) is 1.18. The number of carbonyl (C=O) groups is 1. The van der Waals surface area contributed by atoms with Crippen LogP contribution in [0.1, 0.15) is 37.8 Å². The molecule has 3 rings (SSSR count). The van der Waals surface area contributed by atoms with Gasteiger partial charge in [0.15, 0.2) is 22.4 Å². The Hall–Kier alpha value is -1.79. The smallest absolute Gasteiger partial charge is 0.179 e. The van der Waals surface area contributed by atoms with E-state index in [1.807, 2.05) is 13.0 Å². The molecule has 0 spiro atoms. The highest BCUT2D eigenvalue weighted by Gasteiger charge is 2.34. The Morgan fingerprint density at radius 1 is 1.38 bits per heavy atom. The molecule has 1 heterocycles. The van der Waals surface area contributed by atoms with Crippen molar-refractivity contribution in [2.75, 3.05) is 13.7 Å². The first-order valence-electron chi connectivity index (χ1n) is 7.89. The average molecular weight is 367 g/mol. The minimum atomic E-state index is -0.329. The Bertz CT molecular complexity index is 733. The minimum Gasteiger partial charge on any atom is -0.491 e. The average Bonchev–Trinajstić information content (AvgIpc) is 2.54. The van der Waals surface area contributed by atoms with E-state index >= 15 is 0 Å². The van der Waals surface area contributed by atoms with Crippen molar-refractivity contribution in [1.82, 2.24) is 10.6 Å². The van der Waals surface area contributed by atoms with Crippen LogP contribution in [-0.4, -0.2) is 24.6 Å². The molecule has 1 unspecified atom stereocenters. The van der Waals surface area contributed by atoms with Crippen LogP contribution in [0.2, 0.25) is 5.02 Å². The predicted octanol–water partition coefficient (Wildman–Crippen LogP) is 3.27. The van der Waals surface area contributed by atoms with Gasteiger partial charge in [0.1, 0.15) is 0 Å². The molecule has 1 atom stereocenters. The molecular weight excluding hydrogens is 348 g/mol. The summed E-state index contributed by atoms with van der Waals surface area (Å²) in [7, 11) is 1.55. The van der Waals surface area contributed by atoms with E-state index in [-0.39, 0.29) is 11.8 Å². The Balaban J connectivity index is 2.09. The summed E-state index contributed by atoms with van der Waals surface area (Å²) in [5.41, 5.74) is 2.47. The molecule has 0 saturated heterocycles. The van der Waals surface area contributed by atoms with Gasteiger partial charge in [-0.05, 0) is 49.7 Å². The molecule has 2 aliphatic rings. The molecule has 1 aliphatic carbocycles. The lowest BCUT2D eigenvalue weighted by Crippen LogP contribution is -2.46. The summed E-state index contributed by atoms with van der Waals surface area (Å²) in [4.78, 5) is 12.5. The first-order chi connectivity index (χ1) is 11.5. The number of allylic oxidation sites excluding steroid dienone is 1. The van der Waals surface area contributed by atoms with Crippen molar-refractivity contribution < 1.29 is 14.3 Å². The molecule has 0 fully saturated rings. The van der Waals surface area contributed by atoms with Gasteiger partial charge in [0.2, 0.25) is 0 Å². The molecule has 0 radical (unpaired) electrons. The Morgan fingerprint density at radius 2 is 2.17 bits per heavy atom. The first-order valence-corrected chi connectivity index (χ1v) is 8.67. The maximum Gasteiger partial charge on any atom is 0.179 e. The van der Waals surface area contributed by atoms with E-state index in [1.54, 1.807) is 13.2 Å². The number of rotatable bonds is 4. The third-order valence-corrected chi connectivity index (χ3v) is 4.65. The number of carbonyl (C=O) groups excluding carboxylic acids is 1. The zero-order chi connectivity index (χ0) is 17.3. The quantitative estimate of drug-likeness (QED) is 0.797. The second kappa shape index (κ2) is 6.99. The fraction of sp³-hybridized carbons (Fsp3) is 0.412. The van der Waals surface area contributed by atoms with Crippen molar-refractivity contribution in [3.63, 3.8) is 0 Å². The van der Waals surface area contributed by atoms with Crippen LogP contribution in [0.15, 0.2) is 23.4 Å². The molecular formula is C17H19ClN2O3S. The number of thiocarbonyl (C=S) groups is 1. The Labute approximate surface area is 151 Å². The van der Waals surface area contributed by atoms with E-state index < -0.39 is 0 Å². The van der Waals surface area contributed by atoms with Gasteiger partial charge in [0.25, 0.3) is 0 Å². The second-order valence-corrected chi connectivity index (χ2v) is 6.48. The summed E-state index contributed by atoms with van der Waals surface area (Å²) in [6, 6.07) is 3.32. The topological polar surface area (TPSA) is 59.6 Å². The summed E-state index contributed by atoms with van der Waals surface area (Å²) >= 11 is 11.7. The van der Waals surface area contributed by atoms with Crippen LogP contribution in [0.4, 0.5) is 0 Å². The van der Waals surface area contributed by atoms with Gasteiger partial charge in [-0.2, -0.15) is 0 Å². The van der Waals surface area contributed by atoms with Crippen molar-refractivity contribution >= 4 is 34.7 Å². The van der Waals surface area contributed by atoms with Gasteiger partial charge >= 0.3 is 0 Å². The van der Waals surface area contributed by atoms with Gasteiger partial charge in [-0.15, -0.1) is 0 Å². The number of ether oxygens (including phenoxy) is 2. The summed E-state index contributed by atoms with van der Waals surface area (Å²) in [6.45, 7) is 2.38. The second-order valence-electron chi connectivity index (χ2n) is 5.67. The van der Waals surface area contributed by atoms with Crippen molar-refractivity contribution in [1.29, 1.82) is 0 Å². The number of nitrogens with one attached hydrogen (secondary N) is 2. The van der Waals surface area contributed by atoms with Gasteiger partial charge in [0, 0.05) is 17.7 Å². The van der Waals surface area contributed by atoms with Crippen LogP contribution in [0.3, 0.4) is 0 Å². The zero-order valence-corrected chi connectivity index (χ0v) is 15.1. The number of halogens is 1. The van der Waals surface area contributed by atoms with E-state index in [0.717, 1.165) is 29.7 Å². The van der Waals surface area contributed by atoms with E-state index in [1.165, 1.54) is 0 Å². The molecule has 24 heavy (non-hydrogen) atoms. The molecule has 1 aliphatic heterocycles. The van der Waals surface area contributed by atoms with Crippen molar-refractivity contribution in [2.45, 2.75) is 32.2 Å². The molecule has 0 saturated carbocycles. The normalized spacial score (nSPS) is 20.2. The van der Waals surface area contributed by atoms with E-state index in [0.29, 0.717) is 34.7 Å². The lowest BCUT2D eigenvalue weighted by molar-refractivity contribution is -0.116. The van der Waals surface area contributed by atoms with Crippen molar-refractivity contribution in [2.24, 2.45) is 0 Å². The monoisotopic (exact) mass is 366 g/mol. The Kier molecular flexibility index (Phi) is 4.96. The maximum atomic E-state index is 12.5. The summed E-state index contributed by atoms with van der Waals surface area (Å²) < 4.78 is 11.0. The van der Waals surface area contributed by atoms with E-state index in [4.69, 9.17) is 33.3 Å². The van der Waals surface area contributed by atoms with Gasteiger partial charge in [-0.25, -0.2) is 0 Å². The number of ketones is 1. The maximum absolute atomic E-state index is 12.5. The van der Waals surface area contributed by atoms with Crippen LogP contribution in [0.25, 0.3) is 0 Å². The van der Waals surface area contributed by atoms with E-state index in [9.17, 15) is 4.79 Å². The summed E-state index contributed by atoms with van der Waals surface area (Å²) in [5, 5.41) is 7.25. The van der Waals surface area contributed by atoms with E-state index in [2.05, 4.69) is 10.6 Å². The van der Waals surface area contributed by atoms with Crippen LogP contribution in [0, 0.1) is 0 Å². The molecule has 1 aromatic rings. The molecule has 0 bridgehead atoms. The molecule has 0 aromatic heterocycles. The van der Waals surface area contributed by atoms with Crippen molar-refractivity contribution in [3.05, 3.63) is 34.0 Å². The SMILES string of the molecule is CCOc1cc(C2NC(=S)NC3=C2C(=O)CCC3)cc(Cl)c1OC. The number of Topliss-reactive ketones (excluding diaryl/α,β-unsaturated/α-hetero) is 1. The summed E-state index contributed by atoms with van der Waals surface area (Å²) in [6.07, 6.45) is 2.21. The first kappa shape index (κ1) is 17.0. The molecule has 128 valence electrons. The van der Waals surface area contributed by atoms with Crippen LogP contribution < -0.4 is 20.1 Å². The molecule has 2 N–H and O–H groups in total. The number of methoxy groups -OCH3 is 1. The Morgan fingerprint density at radius 3 is 2.88 bits per heavy atom. The third-order valence-electron chi connectivity index (χ3n) is 4.15. The van der Waals surface area contributed by atoms with Crippen LogP contribution >= 0.6 is 23.8 Å². The minimum absolute atomic E-state index is 0.133. The standard InChI is InChI=1S/C17H19ClN2O3S/c1-3-23-13-8-9(7-10(18)16(13)22-2)15-14-11(19-17(24)20-15)5-4-6-12(14)21/h7-8,15H,3-6H2,1-2H3,(H2,19,20,24). The van der Waals surface area contributed by atoms with Crippen LogP contribution in [-0.2, 0) is 4.79 Å². The highest BCUT2D eigenvalue weighted by molar-refractivity contribution is 7.80. The zero-order valence-electron chi connectivity index (χ0n) is 13.6. The largest absolute Gasteiger partial charge is 0.491 e. The van der Waals surface area contributed by atoms with Gasteiger partial charge < -0.3 is 20.1 Å². The number of hydrogen-bond donors (Lipinski definition) is 2. The molecule has 1 aromatic carbocycles. The number of benzene rings is 1. The predicted molar refractivity (Wildman–Crippen MR) is 96.7 cm³/mol. The van der Waals surface area contributed by atoms with Gasteiger partial charge in [-0.1, -0.05) is 11.6 Å². The fourth-order valence-corrected chi connectivity index (χ4v) is 3.71.